The Bertz CT molecular complexity index is 471. The Kier molecular flexibility index (Phi) is 3.92. The quantitative estimate of drug-likeness (QED) is 0.649. The van der Waals surface area contributed by atoms with Gasteiger partial charge in [-0.2, -0.15) is 0 Å². The van der Waals surface area contributed by atoms with E-state index in [0.717, 1.165) is 19.3 Å². The number of carboxylic acids is 1. The van der Waals surface area contributed by atoms with Crippen LogP contribution in [0.5, 0.6) is 0 Å². The van der Waals surface area contributed by atoms with Crippen LogP contribution in [0.1, 0.15) is 15.9 Å². The smallest absolute Gasteiger partial charge is 0.335 e. The predicted molar refractivity (Wildman–Crippen MR) is 54.4 cm³/mol. The van der Waals surface area contributed by atoms with Gasteiger partial charge in [0.25, 0.3) is 0 Å². The van der Waals surface area contributed by atoms with E-state index in [-0.39, 0.29) is 0 Å². The van der Waals surface area contributed by atoms with Crippen molar-refractivity contribution in [3.63, 3.8) is 0 Å². The van der Waals surface area contributed by atoms with Crippen molar-refractivity contribution >= 4 is 18.0 Å². The highest BCUT2D eigenvalue weighted by molar-refractivity contribution is 5.89. The van der Waals surface area contributed by atoms with Gasteiger partial charge in [0.05, 0.1) is 12.7 Å². The molecule has 0 amide bonds. The second-order valence-electron chi connectivity index (χ2n) is 3.02. The number of esters is 1. The van der Waals surface area contributed by atoms with Crippen LogP contribution >= 0.6 is 0 Å². The Balaban J connectivity index is 3.14. The molecular formula is C11H8F2O4. The van der Waals surface area contributed by atoms with E-state index in [2.05, 4.69) is 4.74 Å². The van der Waals surface area contributed by atoms with Gasteiger partial charge in [-0.25, -0.2) is 18.4 Å². The lowest BCUT2D eigenvalue weighted by atomic mass is 10.1. The van der Waals surface area contributed by atoms with Gasteiger partial charge in [-0.15, -0.1) is 0 Å². The van der Waals surface area contributed by atoms with Crippen LogP contribution in [0.2, 0.25) is 0 Å². The maximum absolute atomic E-state index is 13.3. The maximum Gasteiger partial charge on any atom is 0.335 e. The van der Waals surface area contributed by atoms with Crippen molar-refractivity contribution in [2.75, 3.05) is 7.11 Å². The van der Waals surface area contributed by atoms with Gasteiger partial charge in [-0.1, -0.05) is 0 Å². The van der Waals surface area contributed by atoms with E-state index in [9.17, 15) is 18.4 Å². The van der Waals surface area contributed by atoms with Crippen LogP contribution in [0.25, 0.3) is 6.08 Å². The molecule has 0 spiro atoms. The lowest BCUT2D eigenvalue weighted by Gasteiger charge is -2.01. The van der Waals surface area contributed by atoms with Gasteiger partial charge in [-0.05, 0) is 18.2 Å². The van der Waals surface area contributed by atoms with Crippen molar-refractivity contribution in [2.45, 2.75) is 0 Å². The van der Waals surface area contributed by atoms with Crippen molar-refractivity contribution in [2.24, 2.45) is 0 Å². The van der Waals surface area contributed by atoms with E-state index in [0.29, 0.717) is 12.1 Å². The third-order valence-corrected chi connectivity index (χ3v) is 1.91. The highest BCUT2D eigenvalue weighted by Gasteiger charge is 2.12. The second kappa shape index (κ2) is 5.20. The predicted octanol–water partition coefficient (Wildman–Crippen LogP) is 1.85. The minimum Gasteiger partial charge on any atom is -0.478 e. The fourth-order valence-electron chi connectivity index (χ4n) is 1.09. The molecule has 0 bridgehead atoms. The van der Waals surface area contributed by atoms with Gasteiger partial charge < -0.3 is 9.84 Å². The Morgan fingerprint density at radius 3 is 2.24 bits per heavy atom. The lowest BCUT2D eigenvalue weighted by Crippen LogP contribution is -2.01. The van der Waals surface area contributed by atoms with Crippen LogP contribution in [0.4, 0.5) is 8.78 Å². The summed E-state index contributed by atoms with van der Waals surface area (Å²) >= 11 is 0. The summed E-state index contributed by atoms with van der Waals surface area (Å²) in [5.74, 6) is -4.34. The molecule has 17 heavy (non-hydrogen) atoms. The molecule has 1 N–H and O–H groups in total. The Morgan fingerprint density at radius 2 is 1.82 bits per heavy atom. The molecule has 0 radical (unpaired) electrons. The van der Waals surface area contributed by atoms with E-state index in [1.54, 1.807) is 0 Å². The zero-order chi connectivity index (χ0) is 13.0. The molecule has 0 aliphatic carbocycles. The third-order valence-electron chi connectivity index (χ3n) is 1.91. The molecule has 0 atom stereocenters. The largest absolute Gasteiger partial charge is 0.478 e. The highest BCUT2D eigenvalue weighted by atomic mass is 19.1. The summed E-state index contributed by atoms with van der Waals surface area (Å²) in [5, 5.41) is 8.56. The third kappa shape index (κ3) is 3.10. The molecule has 4 nitrogen and oxygen atoms in total. The summed E-state index contributed by atoms with van der Waals surface area (Å²) < 4.78 is 30.9. The van der Waals surface area contributed by atoms with Gasteiger partial charge in [0.2, 0.25) is 0 Å². The minimum absolute atomic E-state index is 0.500. The molecular weight excluding hydrogens is 234 g/mol. The number of carboxylic acid groups (broad SMARTS) is 1. The van der Waals surface area contributed by atoms with Crippen molar-refractivity contribution in [1.82, 2.24) is 0 Å². The first-order valence-corrected chi connectivity index (χ1v) is 4.44. The standard InChI is InChI=1S/C11H8F2O4/c1-17-10(14)3-2-7-8(12)4-6(11(15)16)5-9(7)13/h2-5H,1H3,(H,15,16). The number of aromatic carboxylic acids is 1. The summed E-state index contributed by atoms with van der Waals surface area (Å²) in [5.41, 5.74) is -1.00. The Morgan fingerprint density at radius 1 is 1.29 bits per heavy atom. The van der Waals surface area contributed by atoms with Crippen LogP contribution in [0.15, 0.2) is 18.2 Å². The summed E-state index contributed by atoms with van der Waals surface area (Å²) in [4.78, 5) is 21.2. The molecule has 0 saturated heterocycles. The molecule has 0 heterocycles. The van der Waals surface area contributed by atoms with Gasteiger partial charge in [0.1, 0.15) is 11.6 Å². The highest BCUT2D eigenvalue weighted by Crippen LogP contribution is 2.17. The van der Waals surface area contributed by atoms with Gasteiger partial charge in [-0.3, -0.25) is 0 Å². The zero-order valence-electron chi connectivity index (χ0n) is 8.74. The summed E-state index contributed by atoms with van der Waals surface area (Å²) in [6.07, 6.45) is 1.71. The molecule has 1 rings (SSSR count). The van der Waals surface area contributed by atoms with Gasteiger partial charge in [0.15, 0.2) is 0 Å². The Hall–Kier alpha value is -2.24. The number of benzene rings is 1. The van der Waals surface area contributed by atoms with Crippen LogP contribution in [0, 0.1) is 11.6 Å². The molecule has 0 unspecified atom stereocenters. The molecule has 6 heteroatoms. The molecule has 0 fully saturated rings. The molecule has 1 aromatic rings. The van der Waals surface area contributed by atoms with Crippen molar-refractivity contribution in [3.8, 4) is 0 Å². The molecule has 1 aromatic carbocycles. The van der Waals surface area contributed by atoms with E-state index >= 15 is 0 Å². The van der Waals surface area contributed by atoms with Crippen LogP contribution in [-0.4, -0.2) is 24.2 Å². The molecule has 0 aliphatic rings. The summed E-state index contributed by atoms with van der Waals surface area (Å²) in [7, 11) is 1.12. The van der Waals surface area contributed by atoms with E-state index < -0.39 is 34.7 Å². The first-order valence-electron chi connectivity index (χ1n) is 4.44. The minimum atomic E-state index is -1.44. The van der Waals surface area contributed by atoms with Gasteiger partial charge >= 0.3 is 11.9 Å². The van der Waals surface area contributed by atoms with Crippen molar-refractivity contribution < 1.29 is 28.2 Å². The SMILES string of the molecule is COC(=O)C=Cc1c(F)cc(C(=O)O)cc1F. The second-order valence-corrected chi connectivity index (χ2v) is 3.02. The number of methoxy groups -OCH3 is 1. The molecule has 0 saturated carbocycles. The van der Waals surface area contributed by atoms with Crippen molar-refractivity contribution in [1.29, 1.82) is 0 Å². The number of ether oxygens (including phenoxy) is 1. The van der Waals surface area contributed by atoms with Gasteiger partial charge in [0, 0.05) is 11.6 Å². The molecule has 90 valence electrons. The number of hydrogen-bond acceptors (Lipinski definition) is 3. The molecule has 0 aromatic heterocycles. The first kappa shape index (κ1) is 12.8. The fraction of sp³-hybridized carbons (Fsp3) is 0.0909. The average molecular weight is 242 g/mol. The number of halogens is 2. The van der Waals surface area contributed by atoms with Crippen LogP contribution < -0.4 is 0 Å². The van der Waals surface area contributed by atoms with Crippen LogP contribution in [0.3, 0.4) is 0 Å². The number of rotatable bonds is 3. The van der Waals surface area contributed by atoms with Crippen LogP contribution in [-0.2, 0) is 9.53 Å². The first-order chi connectivity index (χ1) is 7.95. The molecule has 0 aliphatic heterocycles. The number of carbonyl (C=O) groups is 2. The van der Waals surface area contributed by atoms with Crippen molar-refractivity contribution in [3.05, 3.63) is 41.0 Å². The zero-order valence-corrected chi connectivity index (χ0v) is 8.74. The normalized spacial score (nSPS) is 10.5. The monoisotopic (exact) mass is 242 g/mol. The van der Waals surface area contributed by atoms with E-state index in [1.165, 1.54) is 0 Å². The lowest BCUT2D eigenvalue weighted by molar-refractivity contribution is -0.134. The maximum atomic E-state index is 13.3. The summed E-state index contributed by atoms with van der Waals surface area (Å²) in [6, 6.07) is 1.34. The van der Waals surface area contributed by atoms with E-state index in [4.69, 9.17) is 5.11 Å². The Labute approximate surface area is 95.1 Å². The number of hydrogen-bond donors (Lipinski definition) is 1. The topological polar surface area (TPSA) is 63.6 Å². The van der Waals surface area contributed by atoms with E-state index in [1.807, 2.05) is 0 Å². The number of carbonyl (C=O) groups excluding carboxylic acids is 1. The summed E-state index contributed by atoms with van der Waals surface area (Å²) in [6.45, 7) is 0. The fourth-order valence-corrected chi connectivity index (χ4v) is 1.09. The average Bonchev–Trinajstić information content (AvgIpc) is 2.27.